The van der Waals surface area contributed by atoms with Crippen molar-refractivity contribution in [1.29, 1.82) is 0 Å². The summed E-state index contributed by atoms with van der Waals surface area (Å²) >= 11 is 0. The number of aromatic nitrogens is 1. The molecule has 0 spiro atoms. The molecule has 0 aliphatic rings. The third kappa shape index (κ3) is 4.55. The molecule has 0 saturated heterocycles. The number of nitrogens with zero attached hydrogens (tertiary/aromatic N) is 3. The van der Waals surface area contributed by atoms with E-state index in [4.69, 9.17) is 0 Å². The van der Waals surface area contributed by atoms with E-state index in [2.05, 4.69) is 4.98 Å². The second kappa shape index (κ2) is 7.44. The summed E-state index contributed by atoms with van der Waals surface area (Å²) in [6.45, 7) is 0.762. The number of alkyl halides is 3. The first-order valence-electron chi connectivity index (χ1n) is 7.34. The lowest BCUT2D eigenvalue weighted by Crippen LogP contribution is -2.37. The Balaban J connectivity index is 2.38. The maximum Gasteiger partial charge on any atom is 0.416 e. The van der Waals surface area contributed by atoms with Crippen LogP contribution in [-0.4, -0.2) is 43.0 Å². The summed E-state index contributed by atoms with van der Waals surface area (Å²) in [4.78, 5) is 19.8. The van der Waals surface area contributed by atoms with Crippen molar-refractivity contribution < 1.29 is 18.0 Å². The molecule has 1 heterocycles. The molecule has 7 heteroatoms. The van der Waals surface area contributed by atoms with E-state index >= 15 is 0 Å². The molecular weight excluding hydrogens is 319 g/mol. The van der Waals surface area contributed by atoms with Gasteiger partial charge in [-0.05, 0) is 44.4 Å². The number of benzene rings is 1. The zero-order valence-corrected chi connectivity index (χ0v) is 13.4. The lowest BCUT2D eigenvalue weighted by molar-refractivity contribution is -0.137. The summed E-state index contributed by atoms with van der Waals surface area (Å²) in [5.74, 6) is -0.434. The number of carbonyl (C=O) groups excluding carboxylic acids is 1. The molecule has 0 N–H and O–H groups in total. The molecule has 4 nitrogen and oxygen atoms in total. The van der Waals surface area contributed by atoms with Crippen molar-refractivity contribution in [3.8, 4) is 0 Å². The monoisotopic (exact) mass is 337 g/mol. The van der Waals surface area contributed by atoms with Crippen LogP contribution in [0.1, 0.15) is 16.1 Å². The zero-order valence-electron chi connectivity index (χ0n) is 13.4. The average Bonchev–Trinajstić information content (AvgIpc) is 2.55. The minimum atomic E-state index is -4.46. The number of carbonyl (C=O) groups is 1. The molecule has 0 radical (unpaired) electrons. The molecule has 0 bridgehead atoms. The third-order valence-electron chi connectivity index (χ3n) is 3.39. The van der Waals surface area contributed by atoms with Gasteiger partial charge < -0.3 is 9.80 Å². The fourth-order valence-corrected chi connectivity index (χ4v) is 2.13. The first-order valence-corrected chi connectivity index (χ1v) is 7.34. The Hall–Kier alpha value is -2.41. The Kier molecular flexibility index (Phi) is 5.56. The molecule has 24 heavy (non-hydrogen) atoms. The first-order chi connectivity index (χ1) is 11.3. The molecule has 128 valence electrons. The molecule has 0 fully saturated rings. The molecule has 2 aromatic rings. The van der Waals surface area contributed by atoms with Crippen molar-refractivity contribution in [1.82, 2.24) is 9.88 Å². The van der Waals surface area contributed by atoms with Crippen LogP contribution in [0.4, 0.5) is 18.9 Å². The maximum atomic E-state index is 12.9. The highest BCUT2D eigenvalue weighted by Crippen LogP contribution is 2.31. The summed E-state index contributed by atoms with van der Waals surface area (Å²) in [7, 11) is 3.66. The number of amides is 1. The van der Waals surface area contributed by atoms with Gasteiger partial charge in [0, 0.05) is 25.0 Å². The minimum absolute atomic E-state index is 0.189. The van der Waals surface area contributed by atoms with E-state index in [0.29, 0.717) is 6.54 Å². The molecule has 1 aromatic heterocycles. The van der Waals surface area contributed by atoms with Gasteiger partial charge in [0.2, 0.25) is 0 Å². The van der Waals surface area contributed by atoms with Crippen LogP contribution in [0, 0.1) is 0 Å². The predicted molar refractivity (Wildman–Crippen MR) is 85.9 cm³/mol. The second-order valence-corrected chi connectivity index (χ2v) is 5.52. The van der Waals surface area contributed by atoms with Crippen molar-refractivity contribution in [2.75, 3.05) is 32.1 Å². The van der Waals surface area contributed by atoms with Gasteiger partial charge in [0.25, 0.3) is 5.91 Å². The highest BCUT2D eigenvalue weighted by molar-refractivity contribution is 6.04. The van der Waals surface area contributed by atoms with E-state index in [-0.39, 0.29) is 17.9 Å². The summed E-state index contributed by atoms with van der Waals surface area (Å²) in [5.41, 5.74) is -0.403. The van der Waals surface area contributed by atoms with Crippen molar-refractivity contribution >= 4 is 11.6 Å². The van der Waals surface area contributed by atoms with Crippen LogP contribution in [-0.2, 0) is 6.18 Å². The van der Waals surface area contributed by atoms with Gasteiger partial charge in [0.15, 0.2) is 0 Å². The van der Waals surface area contributed by atoms with E-state index in [9.17, 15) is 18.0 Å². The quantitative estimate of drug-likeness (QED) is 0.840. The molecule has 0 saturated carbocycles. The van der Waals surface area contributed by atoms with Crippen LogP contribution in [0.25, 0.3) is 0 Å². The third-order valence-corrected chi connectivity index (χ3v) is 3.39. The van der Waals surface area contributed by atoms with E-state index in [1.165, 1.54) is 23.2 Å². The number of rotatable bonds is 5. The van der Waals surface area contributed by atoms with E-state index in [0.717, 1.165) is 12.1 Å². The van der Waals surface area contributed by atoms with Gasteiger partial charge in [-0.15, -0.1) is 0 Å². The molecule has 0 aliphatic heterocycles. The van der Waals surface area contributed by atoms with Gasteiger partial charge in [0.05, 0.1) is 5.56 Å². The lowest BCUT2D eigenvalue weighted by Gasteiger charge is -2.25. The maximum absolute atomic E-state index is 12.9. The Morgan fingerprint density at radius 2 is 1.83 bits per heavy atom. The van der Waals surface area contributed by atoms with Crippen LogP contribution in [0.5, 0.6) is 0 Å². The summed E-state index contributed by atoms with van der Waals surface area (Å²) in [6.07, 6.45) is -2.99. The van der Waals surface area contributed by atoms with Gasteiger partial charge in [-0.25, -0.2) is 0 Å². The number of anilines is 1. The Labute approximate surface area is 138 Å². The van der Waals surface area contributed by atoms with Crippen LogP contribution in [0.3, 0.4) is 0 Å². The standard InChI is InChI=1S/C17H18F3N3O/c1-22(2)10-11-23(16(24)15-8-3-4-9-21-15)14-7-5-6-13(12-14)17(18,19)20/h3-9,12H,10-11H2,1-2H3. The Morgan fingerprint density at radius 3 is 2.42 bits per heavy atom. The lowest BCUT2D eigenvalue weighted by atomic mass is 10.1. The molecule has 2 rings (SSSR count). The van der Waals surface area contributed by atoms with Gasteiger partial charge in [-0.1, -0.05) is 12.1 Å². The molecule has 1 amide bonds. The number of hydrogen-bond acceptors (Lipinski definition) is 3. The summed E-state index contributed by atoms with van der Waals surface area (Å²) in [6, 6.07) is 9.63. The van der Waals surface area contributed by atoms with E-state index in [1.807, 2.05) is 19.0 Å². The van der Waals surface area contributed by atoms with Crippen molar-refractivity contribution in [3.05, 3.63) is 59.9 Å². The normalized spacial score (nSPS) is 11.6. The fraction of sp³-hybridized carbons (Fsp3) is 0.294. The van der Waals surface area contributed by atoms with Crippen LogP contribution >= 0.6 is 0 Å². The largest absolute Gasteiger partial charge is 0.416 e. The second-order valence-electron chi connectivity index (χ2n) is 5.52. The highest BCUT2D eigenvalue weighted by Gasteiger charge is 2.31. The Bertz CT molecular complexity index is 687. The smallest absolute Gasteiger partial charge is 0.308 e. The molecule has 0 aliphatic carbocycles. The molecule has 1 aromatic carbocycles. The van der Waals surface area contributed by atoms with Crippen LogP contribution in [0.15, 0.2) is 48.7 Å². The number of hydrogen-bond donors (Lipinski definition) is 0. The van der Waals surface area contributed by atoms with Crippen molar-refractivity contribution in [2.45, 2.75) is 6.18 Å². The number of pyridine rings is 1. The zero-order chi connectivity index (χ0) is 17.7. The first kappa shape index (κ1) is 17.9. The van der Waals surface area contributed by atoms with Gasteiger partial charge >= 0.3 is 6.18 Å². The fourth-order valence-electron chi connectivity index (χ4n) is 2.13. The van der Waals surface area contributed by atoms with Gasteiger partial charge in [-0.3, -0.25) is 9.78 Å². The van der Waals surface area contributed by atoms with Gasteiger partial charge in [0.1, 0.15) is 5.69 Å². The molecule has 0 unspecified atom stereocenters. The molecule has 0 atom stereocenters. The average molecular weight is 337 g/mol. The Morgan fingerprint density at radius 1 is 1.08 bits per heavy atom. The van der Waals surface area contributed by atoms with E-state index < -0.39 is 17.6 Å². The van der Waals surface area contributed by atoms with Crippen LogP contribution in [0.2, 0.25) is 0 Å². The predicted octanol–water partition coefficient (Wildman–Crippen LogP) is 3.31. The summed E-state index contributed by atoms with van der Waals surface area (Å²) in [5, 5.41) is 0. The topological polar surface area (TPSA) is 36.4 Å². The van der Waals surface area contributed by atoms with Crippen molar-refractivity contribution in [3.63, 3.8) is 0 Å². The minimum Gasteiger partial charge on any atom is -0.308 e. The van der Waals surface area contributed by atoms with Crippen molar-refractivity contribution in [2.24, 2.45) is 0 Å². The van der Waals surface area contributed by atoms with Crippen LogP contribution < -0.4 is 4.90 Å². The summed E-state index contributed by atoms with van der Waals surface area (Å²) < 4.78 is 38.8. The SMILES string of the molecule is CN(C)CCN(C(=O)c1ccccn1)c1cccc(C(F)(F)F)c1. The number of likely N-dealkylation sites (N-methyl/N-ethyl adjacent to an activating group) is 1. The van der Waals surface area contributed by atoms with E-state index in [1.54, 1.807) is 18.2 Å². The van der Waals surface area contributed by atoms with Gasteiger partial charge in [-0.2, -0.15) is 13.2 Å². The number of halogens is 3. The highest BCUT2D eigenvalue weighted by atomic mass is 19.4. The molecular formula is C17H18F3N3O.